The lowest BCUT2D eigenvalue weighted by molar-refractivity contribution is 0.105. The Morgan fingerprint density at radius 1 is 1.14 bits per heavy atom. The first kappa shape index (κ1) is 10.4. The lowest BCUT2D eigenvalue weighted by atomic mass is 9.66. The summed E-state index contributed by atoms with van der Waals surface area (Å²) < 4.78 is 0. The standard InChI is InChI=1S/C12H24N2/c1-13-10-11-2-4-12(5-3-11)6-8-14-9-7-12/h11,13-14H,2-10H2,1H3. The first-order valence-corrected chi connectivity index (χ1v) is 6.20. The van der Waals surface area contributed by atoms with Gasteiger partial charge in [0.25, 0.3) is 0 Å². The molecule has 0 aromatic carbocycles. The molecule has 0 radical (unpaired) electrons. The molecule has 2 aliphatic rings. The summed E-state index contributed by atoms with van der Waals surface area (Å²) in [6, 6.07) is 0. The molecule has 0 unspecified atom stereocenters. The molecule has 1 aliphatic carbocycles. The average molecular weight is 196 g/mol. The minimum Gasteiger partial charge on any atom is -0.319 e. The highest BCUT2D eigenvalue weighted by Gasteiger charge is 2.35. The first-order chi connectivity index (χ1) is 6.85. The molecule has 82 valence electrons. The third-order valence-corrected chi connectivity index (χ3v) is 4.32. The Morgan fingerprint density at radius 2 is 1.79 bits per heavy atom. The van der Waals surface area contributed by atoms with E-state index in [1.807, 2.05) is 0 Å². The second kappa shape index (κ2) is 4.63. The Morgan fingerprint density at radius 3 is 2.36 bits per heavy atom. The van der Waals surface area contributed by atoms with Gasteiger partial charge in [0.1, 0.15) is 0 Å². The van der Waals surface area contributed by atoms with Gasteiger partial charge < -0.3 is 10.6 Å². The Hall–Kier alpha value is -0.0800. The summed E-state index contributed by atoms with van der Waals surface area (Å²) in [4.78, 5) is 0. The molecule has 0 aromatic rings. The van der Waals surface area contributed by atoms with Crippen molar-refractivity contribution in [2.45, 2.75) is 38.5 Å². The third kappa shape index (κ3) is 2.29. The molecule has 0 atom stereocenters. The monoisotopic (exact) mass is 196 g/mol. The summed E-state index contributed by atoms with van der Waals surface area (Å²) in [5.41, 5.74) is 0.746. The lowest BCUT2D eigenvalue weighted by Crippen LogP contribution is -2.40. The number of piperidine rings is 1. The molecule has 1 spiro atoms. The van der Waals surface area contributed by atoms with Gasteiger partial charge in [-0.05, 0) is 76.5 Å². The second-order valence-corrected chi connectivity index (χ2v) is 5.25. The fraction of sp³-hybridized carbons (Fsp3) is 1.00. The zero-order valence-corrected chi connectivity index (χ0v) is 9.44. The van der Waals surface area contributed by atoms with Crippen LogP contribution in [0.3, 0.4) is 0 Å². The third-order valence-electron chi connectivity index (χ3n) is 4.32. The second-order valence-electron chi connectivity index (χ2n) is 5.25. The average Bonchev–Trinajstić information content (AvgIpc) is 2.24. The summed E-state index contributed by atoms with van der Waals surface area (Å²) >= 11 is 0. The molecular weight excluding hydrogens is 172 g/mol. The van der Waals surface area contributed by atoms with Crippen LogP contribution in [0.2, 0.25) is 0 Å². The van der Waals surface area contributed by atoms with Gasteiger partial charge in [-0.3, -0.25) is 0 Å². The number of rotatable bonds is 2. The maximum Gasteiger partial charge on any atom is -0.00235 e. The van der Waals surface area contributed by atoms with Crippen molar-refractivity contribution in [2.75, 3.05) is 26.7 Å². The van der Waals surface area contributed by atoms with Crippen molar-refractivity contribution < 1.29 is 0 Å². The maximum absolute atomic E-state index is 3.48. The van der Waals surface area contributed by atoms with Gasteiger partial charge in [-0.15, -0.1) is 0 Å². The van der Waals surface area contributed by atoms with E-state index in [1.165, 1.54) is 58.2 Å². The van der Waals surface area contributed by atoms with Crippen molar-refractivity contribution in [3.63, 3.8) is 0 Å². The SMILES string of the molecule is CNCC1CCC2(CCNCC2)CC1. The molecule has 1 heterocycles. The predicted molar refractivity (Wildman–Crippen MR) is 60.4 cm³/mol. The molecule has 14 heavy (non-hydrogen) atoms. The van der Waals surface area contributed by atoms with E-state index in [0.29, 0.717) is 0 Å². The molecule has 2 fully saturated rings. The fourth-order valence-corrected chi connectivity index (χ4v) is 3.24. The summed E-state index contributed by atoms with van der Waals surface area (Å²) in [5.74, 6) is 0.959. The van der Waals surface area contributed by atoms with Gasteiger partial charge in [-0.25, -0.2) is 0 Å². The van der Waals surface area contributed by atoms with Crippen LogP contribution >= 0.6 is 0 Å². The van der Waals surface area contributed by atoms with Gasteiger partial charge in [0.2, 0.25) is 0 Å². The smallest absolute Gasteiger partial charge is 0.00235 e. The molecule has 0 aromatic heterocycles. The van der Waals surface area contributed by atoms with Crippen molar-refractivity contribution in [1.82, 2.24) is 10.6 Å². The molecule has 0 bridgehead atoms. The molecule has 1 saturated heterocycles. The van der Waals surface area contributed by atoms with Crippen LogP contribution in [0.5, 0.6) is 0 Å². The summed E-state index contributed by atoms with van der Waals surface area (Å²) in [6.07, 6.45) is 8.75. The number of nitrogens with one attached hydrogen (secondary N) is 2. The molecule has 1 aliphatic heterocycles. The predicted octanol–water partition coefficient (Wildman–Crippen LogP) is 1.77. The maximum atomic E-state index is 3.48. The summed E-state index contributed by atoms with van der Waals surface area (Å²) in [5, 5.41) is 6.80. The van der Waals surface area contributed by atoms with Gasteiger partial charge in [0.05, 0.1) is 0 Å². The first-order valence-electron chi connectivity index (χ1n) is 6.20. The number of hydrogen-bond donors (Lipinski definition) is 2. The van der Waals surface area contributed by atoms with Gasteiger partial charge in [0, 0.05) is 0 Å². The van der Waals surface area contributed by atoms with E-state index < -0.39 is 0 Å². The zero-order valence-electron chi connectivity index (χ0n) is 9.44. The van der Waals surface area contributed by atoms with Crippen molar-refractivity contribution in [1.29, 1.82) is 0 Å². The molecule has 2 rings (SSSR count). The molecule has 2 heteroatoms. The van der Waals surface area contributed by atoms with Crippen molar-refractivity contribution in [3.05, 3.63) is 0 Å². The minimum absolute atomic E-state index is 0.746. The Kier molecular flexibility index (Phi) is 3.45. The zero-order chi connectivity index (χ0) is 9.86. The highest BCUT2D eigenvalue weighted by molar-refractivity contribution is 4.89. The normalized spacial score (nSPS) is 28.1. The van der Waals surface area contributed by atoms with Crippen LogP contribution in [0.15, 0.2) is 0 Å². The fourth-order valence-electron chi connectivity index (χ4n) is 3.24. The van der Waals surface area contributed by atoms with Crippen LogP contribution in [0.4, 0.5) is 0 Å². The minimum atomic E-state index is 0.746. The largest absolute Gasteiger partial charge is 0.319 e. The summed E-state index contributed by atoms with van der Waals surface area (Å²) in [6.45, 7) is 3.75. The van der Waals surface area contributed by atoms with E-state index >= 15 is 0 Å². The van der Waals surface area contributed by atoms with Crippen molar-refractivity contribution >= 4 is 0 Å². The van der Waals surface area contributed by atoms with E-state index in [1.54, 1.807) is 0 Å². The van der Waals surface area contributed by atoms with Gasteiger partial charge >= 0.3 is 0 Å². The Balaban J connectivity index is 1.81. The Labute approximate surface area is 87.8 Å². The van der Waals surface area contributed by atoms with Crippen LogP contribution in [-0.4, -0.2) is 26.7 Å². The number of hydrogen-bond acceptors (Lipinski definition) is 2. The van der Waals surface area contributed by atoms with Gasteiger partial charge in [-0.1, -0.05) is 0 Å². The van der Waals surface area contributed by atoms with Crippen LogP contribution < -0.4 is 10.6 Å². The van der Waals surface area contributed by atoms with E-state index in [0.717, 1.165) is 11.3 Å². The summed E-state index contributed by atoms with van der Waals surface area (Å²) in [7, 11) is 2.08. The van der Waals surface area contributed by atoms with Crippen LogP contribution in [-0.2, 0) is 0 Å². The molecule has 2 N–H and O–H groups in total. The lowest BCUT2D eigenvalue weighted by Gasteiger charge is -2.43. The van der Waals surface area contributed by atoms with E-state index in [-0.39, 0.29) is 0 Å². The molecular formula is C12H24N2. The molecule has 2 nitrogen and oxygen atoms in total. The van der Waals surface area contributed by atoms with Crippen LogP contribution in [0.1, 0.15) is 38.5 Å². The van der Waals surface area contributed by atoms with Gasteiger partial charge in [0.15, 0.2) is 0 Å². The van der Waals surface area contributed by atoms with Crippen LogP contribution in [0, 0.1) is 11.3 Å². The highest BCUT2D eigenvalue weighted by atomic mass is 14.9. The molecule has 0 amide bonds. The van der Waals surface area contributed by atoms with E-state index in [2.05, 4.69) is 17.7 Å². The topological polar surface area (TPSA) is 24.1 Å². The van der Waals surface area contributed by atoms with Crippen molar-refractivity contribution in [3.8, 4) is 0 Å². The van der Waals surface area contributed by atoms with Crippen molar-refractivity contribution in [2.24, 2.45) is 11.3 Å². The van der Waals surface area contributed by atoms with Gasteiger partial charge in [-0.2, -0.15) is 0 Å². The van der Waals surface area contributed by atoms with E-state index in [9.17, 15) is 0 Å². The highest BCUT2D eigenvalue weighted by Crippen LogP contribution is 2.44. The van der Waals surface area contributed by atoms with E-state index in [4.69, 9.17) is 0 Å². The Bertz CT molecular complexity index is 163. The molecule has 1 saturated carbocycles. The quantitative estimate of drug-likeness (QED) is 0.703. The van der Waals surface area contributed by atoms with Crippen LogP contribution in [0.25, 0.3) is 0 Å².